The van der Waals surface area contributed by atoms with Gasteiger partial charge in [-0.25, -0.2) is 0 Å². The number of rotatable bonds is 3. The number of carbonyl (C=O) groups is 2. The van der Waals surface area contributed by atoms with E-state index in [0.717, 1.165) is 6.42 Å². The van der Waals surface area contributed by atoms with E-state index in [1.165, 1.54) is 6.42 Å². The van der Waals surface area contributed by atoms with Crippen molar-refractivity contribution in [1.82, 2.24) is 4.90 Å². The van der Waals surface area contributed by atoms with Gasteiger partial charge in [-0.05, 0) is 18.9 Å². The molecule has 0 saturated carbocycles. The Balaban J connectivity index is 0.000000745. The lowest BCUT2D eigenvalue weighted by molar-refractivity contribution is 0.0670. The van der Waals surface area contributed by atoms with Crippen LogP contribution in [-0.4, -0.2) is 41.4 Å². The predicted molar refractivity (Wildman–Crippen MR) is 88.1 cm³/mol. The van der Waals surface area contributed by atoms with Crippen molar-refractivity contribution in [2.75, 3.05) is 7.05 Å². The van der Waals surface area contributed by atoms with Crippen LogP contribution in [0.4, 0.5) is 0 Å². The zero-order chi connectivity index (χ0) is 16.5. The van der Waals surface area contributed by atoms with Crippen LogP contribution in [0.2, 0.25) is 0 Å². The van der Waals surface area contributed by atoms with Crippen molar-refractivity contribution in [2.24, 2.45) is 0 Å². The molecule has 1 N–H and O–H groups in total. The third-order valence-electron chi connectivity index (χ3n) is 3.47. The van der Waals surface area contributed by atoms with Gasteiger partial charge in [-0.3, -0.25) is 9.59 Å². The Hall–Kier alpha value is -1.94. The van der Waals surface area contributed by atoms with E-state index in [-0.39, 0.29) is 11.9 Å². The van der Waals surface area contributed by atoms with Crippen LogP contribution >= 0.6 is 0 Å². The minimum Gasteiger partial charge on any atom is -0.389 e. The first-order valence-corrected chi connectivity index (χ1v) is 7.71. The SMILES string of the molecule is CCC.CN(C(=O)c1ccccc1C=O)C1CC=CC(O)C1. The Morgan fingerprint density at radius 3 is 2.59 bits per heavy atom. The van der Waals surface area contributed by atoms with E-state index in [0.29, 0.717) is 23.8 Å². The van der Waals surface area contributed by atoms with Gasteiger partial charge in [-0.1, -0.05) is 50.6 Å². The highest BCUT2D eigenvalue weighted by Gasteiger charge is 2.25. The molecule has 4 heteroatoms. The standard InChI is InChI=1S/C15H17NO3.C3H8/c1-16(12-6-4-7-13(18)9-12)15(19)14-8-3-2-5-11(14)10-17;1-3-2/h2-5,7-8,10,12-13,18H,6,9H2,1H3;3H2,1-2H3. The highest BCUT2D eigenvalue weighted by Crippen LogP contribution is 2.19. The smallest absolute Gasteiger partial charge is 0.254 e. The van der Waals surface area contributed by atoms with Gasteiger partial charge in [0.25, 0.3) is 5.91 Å². The maximum absolute atomic E-state index is 12.4. The van der Waals surface area contributed by atoms with Crippen LogP contribution in [0.15, 0.2) is 36.4 Å². The molecule has 0 radical (unpaired) electrons. The van der Waals surface area contributed by atoms with Crippen LogP contribution in [0.1, 0.15) is 53.8 Å². The minimum atomic E-state index is -0.504. The average Bonchev–Trinajstić information content (AvgIpc) is 2.54. The van der Waals surface area contributed by atoms with Crippen LogP contribution in [0.5, 0.6) is 0 Å². The number of aliphatic hydroxyl groups excluding tert-OH is 1. The van der Waals surface area contributed by atoms with E-state index in [9.17, 15) is 14.7 Å². The maximum Gasteiger partial charge on any atom is 0.254 e. The van der Waals surface area contributed by atoms with Gasteiger partial charge in [0, 0.05) is 18.7 Å². The van der Waals surface area contributed by atoms with E-state index in [2.05, 4.69) is 13.8 Å². The monoisotopic (exact) mass is 303 g/mol. The molecular weight excluding hydrogens is 278 g/mol. The fourth-order valence-corrected chi connectivity index (χ4v) is 2.31. The van der Waals surface area contributed by atoms with Crippen LogP contribution < -0.4 is 0 Å². The molecule has 1 aromatic rings. The Bertz CT molecular complexity index is 525. The van der Waals surface area contributed by atoms with Crippen molar-refractivity contribution in [1.29, 1.82) is 0 Å². The quantitative estimate of drug-likeness (QED) is 0.689. The summed E-state index contributed by atoms with van der Waals surface area (Å²) in [6, 6.07) is 6.71. The molecule has 0 fully saturated rings. The van der Waals surface area contributed by atoms with Crippen molar-refractivity contribution in [3.05, 3.63) is 47.5 Å². The van der Waals surface area contributed by atoms with Gasteiger partial charge in [0.05, 0.1) is 11.7 Å². The Kier molecular flexibility index (Phi) is 7.54. The molecular formula is C18H25NO3. The molecule has 4 nitrogen and oxygen atoms in total. The fourth-order valence-electron chi connectivity index (χ4n) is 2.31. The fraction of sp³-hybridized carbons (Fsp3) is 0.444. The maximum atomic E-state index is 12.4. The van der Waals surface area contributed by atoms with Crippen LogP contribution in [0, 0.1) is 0 Å². The van der Waals surface area contributed by atoms with Crippen molar-refractivity contribution in [3.63, 3.8) is 0 Å². The lowest BCUT2D eigenvalue weighted by Crippen LogP contribution is -2.40. The van der Waals surface area contributed by atoms with Gasteiger partial charge in [0.1, 0.15) is 0 Å². The van der Waals surface area contributed by atoms with Gasteiger partial charge in [-0.15, -0.1) is 0 Å². The van der Waals surface area contributed by atoms with Crippen molar-refractivity contribution in [2.45, 2.75) is 45.3 Å². The molecule has 0 saturated heterocycles. The molecule has 2 atom stereocenters. The van der Waals surface area contributed by atoms with Crippen LogP contribution in [0.25, 0.3) is 0 Å². The summed E-state index contributed by atoms with van der Waals surface area (Å²) in [5.74, 6) is -0.185. The highest BCUT2D eigenvalue weighted by molar-refractivity contribution is 6.01. The highest BCUT2D eigenvalue weighted by atomic mass is 16.3. The summed E-state index contributed by atoms with van der Waals surface area (Å²) in [5.41, 5.74) is 0.801. The van der Waals surface area contributed by atoms with Gasteiger partial charge in [-0.2, -0.15) is 0 Å². The molecule has 0 aromatic heterocycles. The number of carbonyl (C=O) groups excluding carboxylic acids is 2. The first-order valence-electron chi connectivity index (χ1n) is 7.71. The third-order valence-corrected chi connectivity index (χ3v) is 3.47. The molecule has 1 aliphatic rings. The Morgan fingerprint density at radius 2 is 2.00 bits per heavy atom. The minimum absolute atomic E-state index is 0.0350. The van der Waals surface area contributed by atoms with Crippen LogP contribution in [-0.2, 0) is 0 Å². The van der Waals surface area contributed by atoms with Gasteiger partial charge >= 0.3 is 0 Å². The van der Waals surface area contributed by atoms with E-state index in [4.69, 9.17) is 0 Å². The first kappa shape index (κ1) is 18.1. The topological polar surface area (TPSA) is 57.6 Å². The Morgan fingerprint density at radius 1 is 1.36 bits per heavy atom. The largest absolute Gasteiger partial charge is 0.389 e. The molecule has 120 valence electrons. The van der Waals surface area contributed by atoms with Gasteiger partial charge < -0.3 is 10.0 Å². The molecule has 22 heavy (non-hydrogen) atoms. The van der Waals surface area contributed by atoms with E-state index >= 15 is 0 Å². The summed E-state index contributed by atoms with van der Waals surface area (Å²) < 4.78 is 0. The summed E-state index contributed by atoms with van der Waals surface area (Å²) >= 11 is 0. The zero-order valence-electron chi connectivity index (χ0n) is 13.5. The second-order valence-electron chi connectivity index (χ2n) is 5.45. The van der Waals surface area contributed by atoms with Gasteiger partial charge in [0.2, 0.25) is 0 Å². The third kappa shape index (κ3) is 4.81. The molecule has 1 amide bonds. The molecule has 2 rings (SSSR count). The number of hydrogen-bond acceptors (Lipinski definition) is 3. The molecule has 1 aromatic carbocycles. The predicted octanol–water partition coefficient (Wildman–Crippen LogP) is 3.07. The van der Waals surface area contributed by atoms with Crippen molar-refractivity contribution >= 4 is 12.2 Å². The molecule has 0 bridgehead atoms. The number of nitrogens with zero attached hydrogens (tertiary/aromatic N) is 1. The molecule has 0 spiro atoms. The van der Waals surface area contributed by atoms with E-state index in [1.807, 2.05) is 6.08 Å². The first-order chi connectivity index (χ1) is 10.5. The van der Waals surface area contributed by atoms with Crippen molar-refractivity contribution < 1.29 is 14.7 Å². The summed E-state index contributed by atoms with van der Waals surface area (Å²) in [6.45, 7) is 4.25. The second-order valence-corrected chi connectivity index (χ2v) is 5.45. The van der Waals surface area contributed by atoms with Gasteiger partial charge in [0.15, 0.2) is 6.29 Å². The van der Waals surface area contributed by atoms with E-state index in [1.54, 1.807) is 42.3 Å². The molecule has 1 aliphatic carbocycles. The second kappa shape index (κ2) is 9.15. The lowest BCUT2D eigenvalue weighted by Gasteiger charge is -2.31. The molecule has 0 aliphatic heterocycles. The van der Waals surface area contributed by atoms with Crippen molar-refractivity contribution in [3.8, 4) is 0 Å². The number of hydrogen-bond donors (Lipinski definition) is 1. The lowest BCUT2D eigenvalue weighted by atomic mass is 9.97. The molecule has 0 heterocycles. The number of aliphatic hydroxyl groups is 1. The summed E-state index contributed by atoms with van der Waals surface area (Å²) in [4.78, 5) is 25.0. The zero-order valence-corrected chi connectivity index (χ0v) is 13.5. The van der Waals surface area contributed by atoms with E-state index < -0.39 is 6.10 Å². The average molecular weight is 303 g/mol. The molecule has 2 unspecified atom stereocenters. The number of benzene rings is 1. The summed E-state index contributed by atoms with van der Waals surface area (Å²) in [6.07, 6.45) is 6.32. The Labute approximate surface area is 132 Å². The number of amides is 1. The normalized spacial score (nSPS) is 19.8. The summed E-state index contributed by atoms with van der Waals surface area (Å²) in [7, 11) is 1.71. The summed E-state index contributed by atoms with van der Waals surface area (Å²) in [5, 5.41) is 9.60. The number of aldehydes is 1. The van der Waals surface area contributed by atoms with Crippen LogP contribution in [0.3, 0.4) is 0 Å².